The van der Waals surface area contributed by atoms with E-state index in [0.717, 1.165) is 11.3 Å². The first kappa shape index (κ1) is 12.3. The Hall–Kier alpha value is -2.70. The third-order valence-electron chi connectivity index (χ3n) is 3.05. The number of nitrogens with one attached hydrogen (secondary N) is 2. The number of hydrogen-bond acceptors (Lipinski definition) is 5. The summed E-state index contributed by atoms with van der Waals surface area (Å²) in [5.74, 6) is -0.525. The van der Waals surface area contributed by atoms with Crippen LogP contribution < -0.4 is 10.6 Å². The fraction of sp³-hybridized carbons (Fsp3) is 0.231. The average Bonchev–Trinajstić information content (AvgIpc) is 3.01. The fourth-order valence-electron chi connectivity index (χ4n) is 2.13. The van der Waals surface area contributed by atoms with Crippen LogP contribution in [0.25, 0.3) is 0 Å². The molecule has 1 aliphatic heterocycles. The van der Waals surface area contributed by atoms with Crippen LogP contribution in [0.3, 0.4) is 0 Å². The topological polar surface area (TPSA) is 88.9 Å². The second-order valence-electron chi connectivity index (χ2n) is 4.61. The molecule has 1 aliphatic rings. The highest BCUT2D eigenvalue weighted by atomic mass is 16.2. The van der Waals surface area contributed by atoms with Gasteiger partial charge in [0.05, 0.1) is 13.0 Å². The lowest BCUT2D eigenvalue weighted by atomic mass is 10.1. The quantitative estimate of drug-likeness (QED) is 0.773. The lowest BCUT2D eigenvalue weighted by Crippen LogP contribution is -2.30. The summed E-state index contributed by atoms with van der Waals surface area (Å²) in [4.78, 5) is 26.5. The van der Waals surface area contributed by atoms with Crippen molar-refractivity contribution in [2.75, 3.05) is 5.32 Å². The summed E-state index contributed by atoms with van der Waals surface area (Å²) in [5.41, 5.74) is 1.84. The van der Waals surface area contributed by atoms with Crippen molar-refractivity contribution in [3.63, 3.8) is 0 Å². The molecule has 0 bridgehead atoms. The number of imide groups is 1. The molecule has 0 aliphatic carbocycles. The van der Waals surface area contributed by atoms with Gasteiger partial charge < -0.3 is 5.32 Å². The number of carbonyl (C=O) groups is 2. The minimum absolute atomic E-state index is 0.173. The molecule has 2 N–H and O–H groups in total. The number of hydrogen-bond donors (Lipinski definition) is 2. The molecule has 2 aromatic rings. The van der Waals surface area contributed by atoms with Crippen LogP contribution in [-0.2, 0) is 16.1 Å². The molecule has 1 aromatic carbocycles. The normalized spacial score (nSPS) is 18.1. The van der Waals surface area contributed by atoms with Gasteiger partial charge in [-0.25, -0.2) is 9.67 Å². The van der Waals surface area contributed by atoms with E-state index in [9.17, 15) is 9.59 Å². The van der Waals surface area contributed by atoms with E-state index in [2.05, 4.69) is 20.7 Å². The number of benzene rings is 1. The zero-order chi connectivity index (χ0) is 13.9. The zero-order valence-corrected chi connectivity index (χ0v) is 10.6. The Bertz CT molecular complexity index is 638. The van der Waals surface area contributed by atoms with E-state index in [1.165, 1.54) is 6.33 Å². The molecule has 3 rings (SSSR count). The van der Waals surface area contributed by atoms with Crippen molar-refractivity contribution in [2.45, 2.75) is 19.0 Å². The highest BCUT2D eigenvalue weighted by molar-refractivity contribution is 6.06. The first-order chi connectivity index (χ1) is 9.70. The Labute approximate surface area is 115 Å². The van der Waals surface area contributed by atoms with Crippen molar-refractivity contribution in [3.8, 4) is 0 Å². The van der Waals surface area contributed by atoms with Crippen LogP contribution in [0.1, 0.15) is 12.0 Å². The van der Waals surface area contributed by atoms with Gasteiger partial charge in [-0.1, -0.05) is 12.1 Å². The Morgan fingerprint density at radius 1 is 1.40 bits per heavy atom. The van der Waals surface area contributed by atoms with Gasteiger partial charge in [-0.15, -0.1) is 0 Å². The Morgan fingerprint density at radius 2 is 2.30 bits per heavy atom. The first-order valence-electron chi connectivity index (χ1n) is 6.22. The van der Waals surface area contributed by atoms with E-state index >= 15 is 0 Å². The van der Waals surface area contributed by atoms with Gasteiger partial charge in [0.1, 0.15) is 18.7 Å². The number of amides is 2. The largest absolute Gasteiger partial charge is 0.373 e. The Kier molecular flexibility index (Phi) is 3.16. The van der Waals surface area contributed by atoms with Crippen molar-refractivity contribution in [1.82, 2.24) is 20.1 Å². The predicted molar refractivity (Wildman–Crippen MR) is 70.7 cm³/mol. The summed E-state index contributed by atoms with van der Waals surface area (Å²) in [7, 11) is 0. The maximum atomic E-state index is 11.5. The predicted octanol–water partition coefficient (Wildman–Crippen LogP) is 0.153. The lowest BCUT2D eigenvalue weighted by molar-refractivity contribution is -0.124. The molecule has 2 heterocycles. The number of nitrogens with zero attached hydrogens (tertiary/aromatic N) is 3. The van der Waals surface area contributed by atoms with Crippen LogP contribution in [0.4, 0.5) is 5.69 Å². The Morgan fingerprint density at radius 3 is 3.00 bits per heavy atom. The smallest absolute Gasteiger partial charge is 0.249 e. The zero-order valence-electron chi connectivity index (χ0n) is 10.6. The molecule has 7 nitrogen and oxygen atoms in total. The molecular weight excluding hydrogens is 258 g/mol. The molecule has 1 fully saturated rings. The molecular formula is C13H13N5O2. The summed E-state index contributed by atoms with van der Waals surface area (Å²) >= 11 is 0. The minimum atomic E-state index is -0.496. The van der Waals surface area contributed by atoms with Gasteiger partial charge in [-0.05, 0) is 17.7 Å². The first-order valence-corrected chi connectivity index (χ1v) is 6.22. The van der Waals surface area contributed by atoms with E-state index in [1.54, 1.807) is 11.0 Å². The maximum Gasteiger partial charge on any atom is 0.249 e. The molecule has 0 saturated carbocycles. The molecule has 102 valence electrons. The van der Waals surface area contributed by atoms with Crippen molar-refractivity contribution >= 4 is 17.5 Å². The standard InChI is InChI=1S/C13H13N5O2/c19-12-5-11(13(20)17-12)16-10-3-1-2-9(4-10)6-18-8-14-7-15-18/h1-4,7-8,11,16H,5-6H2,(H,17,19,20). The van der Waals surface area contributed by atoms with Gasteiger partial charge in [0.2, 0.25) is 11.8 Å². The van der Waals surface area contributed by atoms with E-state index in [1.807, 2.05) is 24.3 Å². The highest BCUT2D eigenvalue weighted by Gasteiger charge is 2.30. The molecule has 0 radical (unpaired) electrons. The second-order valence-corrected chi connectivity index (χ2v) is 4.61. The van der Waals surface area contributed by atoms with Gasteiger partial charge in [0.25, 0.3) is 0 Å². The van der Waals surface area contributed by atoms with Crippen LogP contribution >= 0.6 is 0 Å². The van der Waals surface area contributed by atoms with E-state index in [0.29, 0.717) is 6.54 Å². The summed E-state index contributed by atoms with van der Waals surface area (Å²) in [6, 6.07) is 7.15. The monoisotopic (exact) mass is 271 g/mol. The maximum absolute atomic E-state index is 11.5. The highest BCUT2D eigenvalue weighted by Crippen LogP contribution is 2.15. The number of anilines is 1. The molecule has 1 unspecified atom stereocenters. The molecule has 2 amide bonds. The van der Waals surface area contributed by atoms with Crippen LogP contribution in [0.2, 0.25) is 0 Å². The number of rotatable bonds is 4. The van der Waals surface area contributed by atoms with Gasteiger partial charge in [-0.3, -0.25) is 14.9 Å². The molecule has 1 saturated heterocycles. The van der Waals surface area contributed by atoms with E-state index < -0.39 is 6.04 Å². The number of carbonyl (C=O) groups excluding carboxylic acids is 2. The SMILES string of the molecule is O=C1CC(Nc2cccc(Cn3cncn3)c2)C(=O)N1. The van der Waals surface area contributed by atoms with Crippen LogP contribution in [0.5, 0.6) is 0 Å². The summed E-state index contributed by atoms with van der Waals surface area (Å²) < 4.78 is 1.71. The van der Waals surface area contributed by atoms with Gasteiger partial charge in [0.15, 0.2) is 0 Å². The third-order valence-corrected chi connectivity index (χ3v) is 3.05. The molecule has 7 heteroatoms. The minimum Gasteiger partial charge on any atom is -0.373 e. The van der Waals surface area contributed by atoms with Gasteiger partial charge >= 0.3 is 0 Å². The van der Waals surface area contributed by atoms with Crippen molar-refractivity contribution in [1.29, 1.82) is 0 Å². The van der Waals surface area contributed by atoms with Crippen molar-refractivity contribution in [2.24, 2.45) is 0 Å². The lowest BCUT2D eigenvalue weighted by Gasteiger charge is -2.12. The van der Waals surface area contributed by atoms with Crippen LogP contribution in [0.15, 0.2) is 36.9 Å². The number of aromatic nitrogens is 3. The van der Waals surface area contributed by atoms with Crippen LogP contribution in [0, 0.1) is 0 Å². The Balaban J connectivity index is 1.71. The van der Waals surface area contributed by atoms with Gasteiger partial charge in [0, 0.05) is 5.69 Å². The van der Waals surface area contributed by atoms with Crippen molar-refractivity contribution < 1.29 is 9.59 Å². The third kappa shape index (κ3) is 2.66. The van der Waals surface area contributed by atoms with E-state index in [4.69, 9.17) is 0 Å². The van der Waals surface area contributed by atoms with Gasteiger partial charge in [-0.2, -0.15) is 5.10 Å². The average molecular weight is 271 g/mol. The summed E-state index contributed by atoms with van der Waals surface area (Å²) in [6.07, 6.45) is 3.30. The van der Waals surface area contributed by atoms with Crippen molar-refractivity contribution in [3.05, 3.63) is 42.5 Å². The fourth-order valence-corrected chi connectivity index (χ4v) is 2.13. The summed E-state index contributed by atoms with van der Waals surface area (Å²) in [6.45, 7) is 0.602. The molecule has 1 atom stereocenters. The molecule has 0 spiro atoms. The second kappa shape index (κ2) is 5.12. The van der Waals surface area contributed by atoms with E-state index in [-0.39, 0.29) is 18.2 Å². The molecule has 20 heavy (non-hydrogen) atoms. The summed E-state index contributed by atoms with van der Waals surface area (Å²) in [5, 5.41) is 9.38. The van der Waals surface area contributed by atoms with Crippen LogP contribution in [-0.4, -0.2) is 32.6 Å². The molecule has 1 aromatic heterocycles.